The predicted octanol–water partition coefficient (Wildman–Crippen LogP) is 4.15. The third-order valence-electron chi connectivity index (χ3n) is 4.68. The van der Waals surface area contributed by atoms with Crippen LogP contribution in [0.4, 0.5) is 0 Å². The molecule has 0 bridgehead atoms. The molecule has 1 atom stereocenters. The fraction of sp³-hybridized carbons (Fsp3) is 0.286. The molecule has 2 aromatic rings. The number of hydrogen-bond donors (Lipinski definition) is 1. The van der Waals surface area contributed by atoms with E-state index < -0.39 is 11.9 Å². The summed E-state index contributed by atoms with van der Waals surface area (Å²) in [5.41, 5.74) is 9.57. The second kappa shape index (κ2) is 7.53. The number of ether oxygens (including phenoxy) is 2. The summed E-state index contributed by atoms with van der Waals surface area (Å²) in [7, 11) is 0. The van der Waals surface area contributed by atoms with Crippen LogP contribution in [-0.2, 0) is 14.3 Å². The zero-order valence-electron chi connectivity index (χ0n) is 16.1. The first-order valence-electron chi connectivity index (χ1n) is 8.81. The van der Waals surface area contributed by atoms with Crippen LogP contribution in [0.25, 0.3) is 10.9 Å². The first-order valence-corrected chi connectivity index (χ1v) is 9.19. The van der Waals surface area contributed by atoms with Gasteiger partial charge in [-0.2, -0.15) is 5.26 Å². The number of hydrogen-bond acceptors (Lipinski definition) is 6. The van der Waals surface area contributed by atoms with Gasteiger partial charge in [-0.3, -0.25) is 0 Å². The molecule has 6 nitrogen and oxygen atoms in total. The van der Waals surface area contributed by atoms with Gasteiger partial charge in [0.25, 0.3) is 0 Å². The van der Waals surface area contributed by atoms with E-state index in [0.29, 0.717) is 5.56 Å². The molecule has 0 saturated heterocycles. The molecule has 1 aromatic carbocycles. The van der Waals surface area contributed by atoms with Gasteiger partial charge in [-0.1, -0.05) is 17.7 Å². The lowest BCUT2D eigenvalue weighted by Gasteiger charge is -2.27. The van der Waals surface area contributed by atoms with Crippen LogP contribution >= 0.6 is 11.6 Å². The Morgan fingerprint density at radius 1 is 1.36 bits per heavy atom. The van der Waals surface area contributed by atoms with Crippen LogP contribution in [0.2, 0.25) is 5.15 Å². The molecule has 0 amide bonds. The summed E-state index contributed by atoms with van der Waals surface area (Å²) in [4.78, 5) is 17.2. The summed E-state index contributed by atoms with van der Waals surface area (Å²) in [5.74, 6) is -1.18. The van der Waals surface area contributed by atoms with E-state index in [1.807, 2.05) is 32.0 Å². The van der Waals surface area contributed by atoms with Crippen LogP contribution in [0.5, 0.6) is 0 Å². The monoisotopic (exact) mass is 397 g/mol. The van der Waals surface area contributed by atoms with Gasteiger partial charge in [0.05, 0.1) is 23.6 Å². The van der Waals surface area contributed by atoms with Crippen molar-refractivity contribution in [2.45, 2.75) is 33.6 Å². The third-order valence-corrected chi connectivity index (χ3v) is 4.98. The minimum Gasteiger partial charge on any atom is -0.463 e. The molecule has 144 valence electrons. The van der Waals surface area contributed by atoms with Gasteiger partial charge >= 0.3 is 5.97 Å². The van der Waals surface area contributed by atoms with Gasteiger partial charge in [-0.05, 0) is 51.0 Å². The summed E-state index contributed by atoms with van der Waals surface area (Å²) in [6, 6.07) is 7.88. The van der Waals surface area contributed by atoms with Crippen LogP contribution in [0.1, 0.15) is 36.5 Å². The van der Waals surface area contributed by atoms with Crippen LogP contribution < -0.4 is 5.73 Å². The van der Waals surface area contributed by atoms with E-state index in [1.165, 1.54) is 0 Å². The van der Waals surface area contributed by atoms with Crippen LogP contribution in [0.15, 0.2) is 41.0 Å². The Morgan fingerprint density at radius 2 is 2.07 bits per heavy atom. The van der Waals surface area contributed by atoms with E-state index in [0.717, 1.165) is 22.0 Å². The highest BCUT2D eigenvalue weighted by molar-refractivity contribution is 6.31. The molecule has 1 aromatic heterocycles. The van der Waals surface area contributed by atoms with Crippen LogP contribution in [0.3, 0.4) is 0 Å². The highest BCUT2D eigenvalue weighted by Gasteiger charge is 2.37. The van der Waals surface area contributed by atoms with Crippen LogP contribution in [0, 0.1) is 25.2 Å². The normalized spacial score (nSPS) is 16.8. The van der Waals surface area contributed by atoms with Gasteiger partial charge in [0.2, 0.25) is 5.88 Å². The van der Waals surface area contributed by atoms with E-state index in [2.05, 4.69) is 11.1 Å². The number of allylic oxidation sites excluding steroid dienone is 2. The lowest BCUT2D eigenvalue weighted by Crippen LogP contribution is -2.26. The van der Waals surface area contributed by atoms with Crippen molar-refractivity contribution in [1.82, 2.24) is 4.98 Å². The number of pyridine rings is 1. The summed E-state index contributed by atoms with van der Waals surface area (Å²) in [6.45, 7) is 7.46. The number of nitriles is 1. The zero-order chi connectivity index (χ0) is 20.6. The van der Waals surface area contributed by atoms with Crippen molar-refractivity contribution in [3.05, 3.63) is 62.8 Å². The molecule has 0 spiro atoms. The summed E-state index contributed by atoms with van der Waals surface area (Å²) >= 11 is 6.51. The van der Waals surface area contributed by atoms with E-state index in [-0.39, 0.29) is 34.5 Å². The van der Waals surface area contributed by atoms with Crippen molar-refractivity contribution in [2.75, 3.05) is 6.61 Å². The number of carbonyl (C=O) groups excluding carboxylic acids is 1. The van der Waals surface area contributed by atoms with Gasteiger partial charge in [0.1, 0.15) is 22.6 Å². The van der Waals surface area contributed by atoms with Crippen molar-refractivity contribution in [1.29, 1.82) is 5.26 Å². The Kier molecular flexibility index (Phi) is 5.30. The molecule has 1 aliphatic heterocycles. The SMILES string of the molecule is CCOC(=O)C1=C(C)OC(N)=C(C#N)[C@@H]1c1cc2c(C)cc(C)cc2nc1Cl. The second-order valence-corrected chi connectivity index (χ2v) is 6.99. The molecular weight excluding hydrogens is 378 g/mol. The lowest BCUT2D eigenvalue weighted by molar-refractivity contribution is -0.139. The summed E-state index contributed by atoms with van der Waals surface area (Å²) in [6.07, 6.45) is 0. The molecule has 0 radical (unpaired) electrons. The quantitative estimate of drug-likeness (QED) is 0.617. The van der Waals surface area contributed by atoms with Crippen molar-refractivity contribution < 1.29 is 14.3 Å². The van der Waals surface area contributed by atoms with Gasteiger partial charge in [0.15, 0.2) is 0 Å². The number of fused-ring (bicyclic) bond motifs is 1. The number of esters is 1. The number of nitrogens with two attached hydrogens (primary N) is 1. The predicted molar refractivity (Wildman–Crippen MR) is 106 cm³/mol. The summed E-state index contributed by atoms with van der Waals surface area (Å²) < 4.78 is 10.6. The fourth-order valence-electron chi connectivity index (χ4n) is 3.49. The van der Waals surface area contributed by atoms with E-state index in [1.54, 1.807) is 13.8 Å². The number of benzene rings is 1. The maximum atomic E-state index is 12.7. The number of halogens is 1. The third kappa shape index (κ3) is 3.30. The molecule has 2 heterocycles. The first-order chi connectivity index (χ1) is 13.3. The maximum Gasteiger partial charge on any atom is 0.338 e. The summed E-state index contributed by atoms with van der Waals surface area (Å²) in [5, 5.41) is 10.8. The zero-order valence-corrected chi connectivity index (χ0v) is 16.8. The van der Waals surface area contributed by atoms with Crippen molar-refractivity contribution >= 4 is 28.5 Å². The van der Waals surface area contributed by atoms with E-state index >= 15 is 0 Å². The van der Waals surface area contributed by atoms with Crippen molar-refractivity contribution in [3.63, 3.8) is 0 Å². The number of nitrogens with zero attached hydrogens (tertiary/aromatic N) is 2. The molecule has 1 aliphatic rings. The fourth-order valence-corrected chi connectivity index (χ4v) is 3.74. The molecule has 3 rings (SSSR count). The minimum atomic E-state index is -0.817. The first kappa shape index (κ1) is 19.7. The second-order valence-electron chi connectivity index (χ2n) is 6.63. The molecule has 0 fully saturated rings. The van der Waals surface area contributed by atoms with Gasteiger partial charge in [-0.25, -0.2) is 9.78 Å². The standard InChI is InChI=1S/C21H20ClN3O3/c1-5-27-21(26)17-12(4)28-20(24)15(9-23)18(17)14-8-13-11(3)6-10(2)7-16(13)25-19(14)22/h6-8,18H,5,24H2,1-4H3/t18-/m0/s1. The largest absolute Gasteiger partial charge is 0.463 e. The highest BCUT2D eigenvalue weighted by Crippen LogP contribution is 2.42. The Balaban J connectivity index is 2.30. The molecule has 2 N–H and O–H groups in total. The van der Waals surface area contributed by atoms with Crippen LogP contribution in [-0.4, -0.2) is 17.6 Å². The molecule has 28 heavy (non-hydrogen) atoms. The average Bonchev–Trinajstić information content (AvgIpc) is 2.60. The minimum absolute atomic E-state index is 0.0603. The molecular formula is C21H20ClN3O3. The molecule has 7 heteroatoms. The average molecular weight is 398 g/mol. The number of aromatic nitrogens is 1. The smallest absolute Gasteiger partial charge is 0.338 e. The maximum absolute atomic E-state index is 12.7. The Morgan fingerprint density at radius 3 is 2.71 bits per heavy atom. The molecule has 0 aliphatic carbocycles. The lowest BCUT2D eigenvalue weighted by atomic mass is 9.83. The molecule has 0 saturated carbocycles. The van der Waals surface area contributed by atoms with Crippen molar-refractivity contribution in [2.24, 2.45) is 5.73 Å². The number of carbonyl (C=O) groups is 1. The van der Waals surface area contributed by atoms with E-state index in [4.69, 9.17) is 26.8 Å². The van der Waals surface area contributed by atoms with Crippen molar-refractivity contribution in [3.8, 4) is 6.07 Å². The number of aryl methyl sites for hydroxylation is 2. The highest BCUT2D eigenvalue weighted by atomic mass is 35.5. The Labute approximate surface area is 168 Å². The molecule has 0 unspecified atom stereocenters. The topological polar surface area (TPSA) is 98.2 Å². The van der Waals surface area contributed by atoms with Gasteiger partial charge in [-0.15, -0.1) is 0 Å². The van der Waals surface area contributed by atoms with Gasteiger partial charge < -0.3 is 15.2 Å². The van der Waals surface area contributed by atoms with E-state index in [9.17, 15) is 10.1 Å². The Hall–Kier alpha value is -3.04. The Bertz CT molecular complexity index is 1100. The van der Waals surface area contributed by atoms with Gasteiger partial charge in [0, 0.05) is 10.9 Å². The number of rotatable bonds is 3.